The summed E-state index contributed by atoms with van der Waals surface area (Å²) in [4.78, 5) is 23.1. The Morgan fingerprint density at radius 3 is 1.38 bits per heavy atom. The molecule has 0 radical (unpaired) electrons. The van der Waals surface area contributed by atoms with Crippen molar-refractivity contribution in [1.29, 1.82) is 0 Å². The summed E-state index contributed by atoms with van der Waals surface area (Å²) in [5.41, 5.74) is 11.2. The Bertz CT molecular complexity index is 3240. The summed E-state index contributed by atoms with van der Waals surface area (Å²) in [6.45, 7) is 0. The van der Waals surface area contributed by atoms with Crippen molar-refractivity contribution < 1.29 is 0 Å². The molecule has 11 aromatic rings. The molecule has 9 aromatic carbocycles. The lowest BCUT2D eigenvalue weighted by molar-refractivity contribution is 1.08. The minimum absolute atomic E-state index is 0.610. The lowest BCUT2D eigenvalue weighted by Gasteiger charge is -2.25. The topological polar surface area (TPSA) is 54.8 Å². The third-order valence-electron chi connectivity index (χ3n) is 11.3. The van der Waals surface area contributed by atoms with Gasteiger partial charge in [-0.2, -0.15) is 0 Å². The molecule has 0 aliphatic heterocycles. The van der Waals surface area contributed by atoms with Crippen molar-refractivity contribution in [2.24, 2.45) is 0 Å². The molecule has 2 aromatic heterocycles. The van der Waals surface area contributed by atoms with E-state index in [1.807, 2.05) is 60.7 Å². The second kappa shape index (κ2) is 15.5. The van der Waals surface area contributed by atoms with Gasteiger partial charge in [-0.1, -0.05) is 170 Å². The summed E-state index contributed by atoms with van der Waals surface area (Å²) in [6, 6.07) is 78.1. The van der Waals surface area contributed by atoms with Gasteiger partial charge in [-0.25, -0.2) is 19.9 Å². The second-order valence-electron chi connectivity index (χ2n) is 15.0. The maximum atomic E-state index is 5.42. The van der Waals surface area contributed by atoms with Gasteiger partial charge < -0.3 is 4.90 Å². The fourth-order valence-electron chi connectivity index (χ4n) is 8.40. The molecule has 0 atom stereocenters. The van der Waals surface area contributed by atoms with E-state index in [9.17, 15) is 0 Å². The number of benzene rings is 9. The predicted molar refractivity (Wildman–Crippen MR) is 252 cm³/mol. The summed E-state index contributed by atoms with van der Waals surface area (Å²) in [5.74, 6) is 1.86. The number of fused-ring (bicyclic) bond motifs is 5. The molecule has 61 heavy (non-hydrogen) atoms. The molecule has 0 aliphatic rings. The van der Waals surface area contributed by atoms with Crippen molar-refractivity contribution in [2.75, 3.05) is 4.90 Å². The standard InChI is InChI=1S/C56H37N5/c1-5-18-39(19-6-1)54-58-55(40-20-7-2-8-21-40)60-56(59-54)49-37-50-52(47-29-14-13-28-46(47)49)48-30-15-16-31-51(48)57-53(50)42-23-17-22-41(36-42)38-32-34-45(35-33-38)61(43-24-9-3-10-25-43)44-26-11-4-12-27-44/h1-37H. The largest absolute Gasteiger partial charge is 0.311 e. The Morgan fingerprint density at radius 2 is 0.754 bits per heavy atom. The van der Waals surface area contributed by atoms with Crippen molar-refractivity contribution in [3.63, 3.8) is 0 Å². The number of nitrogens with zero attached hydrogens (tertiary/aromatic N) is 5. The van der Waals surface area contributed by atoms with Crippen LogP contribution in [0.15, 0.2) is 224 Å². The van der Waals surface area contributed by atoms with Crippen LogP contribution in [0.25, 0.3) is 89.0 Å². The molecular formula is C56H37N5. The van der Waals surface area contributed by atoms with Gasteiger partial charge in [0.25, 0.3) is 0 Å². The molecule has 5 nitrogen and oxygen atoms in total. The molecule has 286 valence electrons. The Balaban J connectivity index is 1.09. The van der Waals surface area contributed by atoms with Crippen molar-refractivity contribution in [2.45, 2.75) is 0 Å². The maximum Gasteiger partial charge on any atom is 0.164 e. The first-order valence-corrected chi connectivity index (χ1v) is 20.5. The van der Waals surface area contributed by atoms with Gasteiger partial charge in [-0.3, -0.25) is 0 Å². The SMILES string of the molecule is c1ccc(-c2nc(-c3ccccc3)nc(-c3cc4c(-c5cccc(-c6ccc(N(c7ccccc7)c7ccccc7)cc6)c5)nc5ccccc5c4c4ccccc34)n2)cc1. The number of hydrogen-bond donors (Lipinski definition) is 0. The molecule has 0 bridgehead atoms. The van der Waals surface area contributed by atoms with Crippen LogP contribution in [0.3, 0.4) is 0 Å². The highest BCUT2D eigenvalue weighted by Crippen LogP contribution is 2.42. The summed E-state index contributed by atoms with van der Waals surface area (Å²) >= 11 is 0. The molecule has 0 saturated carbocycles. The van der Waals surface area contributed by atoms with Gasteiger partial charge in [-0.05, 0) is 76.5 Å². The number of anilines is 3. The highest BCUT2D eigenvalue weighted by molar-refractivity contribution is 6.25. The third-order valence-corrected chi connectivity index (χ3v) is 11.3. The Labute approximate surface area is 354 Å². The lowest BCUT2D eigenvalue weighted by atomic mass is 9.91. The minimum Gasteiger partial charge on any atom is -0.311 e. The van der Waals surface area contributed by atoms with Gasteiger partial charge in [0.2, 0.25) is 0 Å². The van der Waals surface area contributed by atoms with Crippen LogP contribution in [0.5, 0.6) is 0 Å². The number of hydrogen-bond acceptors (Lipinski definition) is 5. The maximum absolute atomic E-state index is 5.42. The van der Waals surface area contributed by atoms with E-state index in [4.69, 9.17) is 19.9 Å². The highest BCUT2D eigenvalue weighted by Gasteiger charge is 2.20. The molecular weight excluding hydrogens is 743 g/mol. The molecule has 2 heterocycles. The summed E-state index contributed by atoms with van der Waals surface area (Å²) in [6.07, 6.45) is 0. The first-order chi connectivity index (χ1) is 30.2. The fourth-order valence-corrected chi connectivity index (χ4v) is 8.40. The van der Waals surface area contributed by atoms with Crippen LogP contribution in [-0.4, -0.2) is 19.9 Å². The zero-order valence-corrected chi connectivity index (χ0v) is 33.1. The van der Waals surface area contributed by atoms with Gasteiger partial charge in [0.05, 0.1) is 11.2 Å². The number of para-hydroxylation sites is 3. The van der Waals surface area contributed by atoms with E-state index in [0.717, 1.165) is 88.6 Å². The van der Waals surface area contributed by atoms with Gasteiger partial charge in [-0.15, -0.1) is 0 Å². The normalized spacial score (nSPS) is 11.3. The molecule has 5 heteroatoms. The van der Waals surface area contributed by atoms with Gasteiger partial charge in [0.1, 0.15) is 0 Å². The van der Waals surface area contributed by atoms with E-state index in [-0.39, 0.29) is 0 Å². The van der Waals surface area contributed by atoms with E-state index in [2.05, 4.69) is 169 Å². The van der Waals surface area contributed by atoms with E-state index < -0.39 is 0 Å². The molecule has 0 spiro atoms. The molecule has 0 fully saturated rings. The van der Waals surface area contributed by atoms with Crippen LogP contribution >= 0.6 is 0 Å². The quantitative estimate of drug-likeness (QED) is 0.144. The van der Waals surface area contributed by atoms with Gasteiger partial charge >= 0.3 is 0 Å². The van der Waals surface area contributed by atoms with Crippen LogP contribution in [0.2, 0.25) is 0 Å². The summed E-state index contributed by atoms with van der Waals surface area (Å²) in [7, 11) is 0. The van der Waals surface area contributed by atoms with Crippen molar-refractivity contribution >= 4 is 49.5 Å². The van der Waals surface area contributed by atoms with Gasteiger partial charge in [0.15, 0.2) is 17.5 Å². The predicted octanol–water partition coefficient (Wildman–Crippen LogP) is 14.5. The Hall–Kier alpha value is -8.28. The van der Waals surface area contributed by atoms with Crippen LogP contribution in [0.4, 0.5) is 17.1 Å². The molecule has 0 unspecified atom stereocenters. The molecule has 0 saturated heterocycles. The Morgan fingerprint density at radius 1 is 0.279 bits per heavy atom. The first kappa shape index (κ1) is 35.8. The molecule has 0 N–H and O–H groups in total. The van der Waals surface area contributed by atoms with E-state index in [1.165, 1.54) is 0 Å². The monoisotopic (exact) mass is 779 g/mol. The Kier molecular flexibility index (Phi) is 9.10. The van der Waals surface area contributed by atoms with E-state index in [1.54, 1.807) is 0 Å². The summed E-state index contributed by atoms with van der Waals surface area (Å²) in [5, 5.41) is 5.46. The highest BCUT2D eigenvalue weighted by atomic mass is 15.1. The molecule has 0 aliphatic carbocycles. The number of aromatic nitrogens is 4. The van der Waals surface area contributed by atoms with E-state index in [0.29, 0.717) is 17.5 Å². The van der Waals surface area contributed by atoms with E-state index >= 15 is 0 Å². The zero-order chi connectivity index (χ0) is 40.5. The summed E-state index contributed by atoms with van der Waals surface area (Å²) < 4.78 is 0. The van der Waals surface area contributed by atoms with Crippen molar-refractivity contribution in [1.82, 2.24) is 19.9 Å². The molecule has 11 rings (SSSR count). The van der Waals surface area contributed by atoms with Gasteiger partial charge in [0, 0.05) is 55.5 Å². The second-order valence-corrected chi connectivity index (χ2v) is 15.0. The van der Waals surface area contributed by atoms with Crippen LogP contribution in [0.1, 0.15) is 0 Å². The zero-order valence-electron chi connectivity index (χ0n) is 33.1. The minimum atomic E-state index is 0.610. The van der Waals surface area contributed by atoms with Crippen LogP contribution < -0.4 is 4.90 Å². The van der Waals surface area contributed by atoms with Crippen molar-refractivity contribution in [3.8, 4) is 56.5 Å². The number of pyridine rings is 1. The smallest absolute Gasteiger partial charge is 0.164 e. The fraction of sp³-hybridized carbons (Fsp3) is 0. The van der Waals surface area contributed by atoms with Crippen LogP contribution in [-0.2, 0) is 0 Å². The number of rotatable bonds is 8. The third kappa shape index (κ3) is 6.74. The first-order valence-electron chi connectivity index (χ1n) is 20.5. The average molecular weight is 780 g/mol. The van der Waals surface area contributed by atoms with Crippen LogP contribution in [0, 0.1) is 0 Å². The lowest BCUT2D eigenvalue weighted by Crippen LogP contribution is -2.09. The molecule has 0 amide bonds. The average Bonchev–Trinajstić information content (AvgIpc) is 3.35. The van der Waals surface area contributed by atoms with Crippen molar-refractivity contribution in [3.05, 3.63) is 224 Å².